The van der Waals surface area contributed by atoms with E-state index in [1.165, 1.54) is 19.3 Å². The van der Waals surface area contributed by atoms with Gasteiger partial charge in [0.1, 0.15) is 0 Å². The first-order chi connectivity index (χ1) is 7.59. The molecule has 0 amide bonds. The minimum atomic E-state index is -0.368. The molecule has 6 atom stereocenters. The highest BCUT2D eigenvalue weighted by Gasteiger charge is 2.59. The van der Waals surface area contributed by atoms with Crippen molar-refractivity contribution in [2.24, 2.45) is 35.5 Å². The standard InChI is InChI=1S/C12H14Cl2O2/c13-11(15)8-4-7-5-1-2-6(3-5)9(7)10(8)12(14)16/h5-10H,1-4H2. The molecule has 2 bridgehead atoms. The van der Waals surface area contributed by atoms with Crippen LogP contribution in [0.1, 0.15) is 25.7 Å². The molecule has 2 nitrogen and oxygen atoms in total. The molecular weight excluding hydrogens is 247 g/mol. The molecule has 3 fully saturated rings. The first kappa shape index (κ1) is 11.0. The van der Waals surface area contributed by atoms with E-state index in [4.69, 9.17) is 23.2 Å². The molecule has 0 spiro atoms. The van der Waals surface area contributed by atoms with Crippen molar-refractivity contribution in [3.8, 4) is 0 Å². The van der Waals surface area contributed by atoms with E-state index in [0.29, 0.717) is 17.8 Å². The zero-order valence-corrected chi connectivity index (χ0v) is 10.4. The summed E-state index contributed by atoms with van der Waals surface area (Å²) in [5, 5.41) is -0.716. The summed E-state index contributed by atoms with van der Waals surface area (Å²) in [5.74, 6) is 1.59. The largest absolute Gasteiger partial charge is 0.281 e. The summed E-state index contributed by atoms with van der Waals surface area (Å²) in [7, 11) is 0. The number of halogens is 2. The van der Waals surface area contributed by atoms with Crippen molar-refractivity contribution in [3.05, 3.63) is 0 Å². The SMILES string of the molecule is O=C(Cl)C1CC2C3CCC(C3)C2C1C(=O)Cl. The van der Waals surface area contributed by atoms with E-state index in [-0.39, 0.29) is 22.3 Å². The summed E-state index contributed by atoms with van der Waals surface area (Å²) in [6.45, 7) is 0. The van der Waals surface area contributed by atoms with E-state index >= 15 is 0 Å². The fraction of sp³-hybridized carbons (Fsp3) is 0.833. The Balaban J connectivity index is 1.93. The summed E-state index contributed by atoms with van der Waals surface area (Å²) >= 11 is 11.3. The first-order valence-corrected chi connectivity index (χ1v) is 6.74. The molecule has 3 saturated carbocycles. The van der Waals surface area contributed by atoms with E-state index in [2.05, 4.69) is 0 Å². The number of carbonyl (C=O) groups is 2. The Kier molecular flexibility index (Phi) is 2.56. The van der Waals surface area contributed by atoms with Crippen LogP contribution in [0, 0.1) is 35.5 Å². The van der Waals surface area contributed by atoms with Gasteiger partial charge in [-0.15, -0.1) is 0 Å². The normalized spacial score (nSPS) is 49.4. The maximum absolute atomic E-state index is 11.5. The molecular formula is C12H14Cl2O2. The predicted octanol–water partition coefficient (Wildman–Crippen LogP) is 2.82. The number of rotatable bonds is 2. The molecule has 0 N–H and O–H groups in total. The first-order valence-electron chi connectivity index (χ1n) is 5.98. The minimum Gasteiger partial charge on any atom is -0.281 e. The summed E-state index contributed by atoms with van der Waals surface area (Å²) in [6.07, 6.45) is 4.49. The Morgan fingerprint density at radius 3 is 2.25 bits per heavy atom. The van der Waals surface area contributed by atoms with Crippen LogP contribution in [0.3, 0.4) is 0 Å². The highest BCUT2D eigenvalue weighted by molar-refractivity contribution is 6.66. The van der Waals surface area contributed by atoms with Crippen molar-refractivity contribution in [2.75, 3.05) is 0 Å². The van der Waals surface area contributed by atoms with Gasteiger partial charge in [0.05, 0.1) is 0 Å². The topological polar surface area (TPSA) is 34.1 Å². The van der Waals surface area contributed by atoms with E-state index in [9.17, 15) is 9.59 Å². The van der Waals surface area contributed by atoms with Gasteiger partial charge in [-0.25, -0.2) is 0 Å². The molecule has 0 aliphatic heterocycles. The average molecular weight is 261 g/mol. The second kappa shape index (κ2) is 3.71. The Bertz CT molecular complexity index is 355. The summed E-state index contributed by atoms with van der Waals surface area (Å²) < 4.78 is 0. The van der Waals surface area contributed by atoms with Crippen LogP contribution < -0.4 is 0 Å². The summed E-state index contributed by atoms with van der Waals surface area (Å²) in [5.41, 5.74) is 0. The van der Waals surface area contributed by atoms with Crippen LogP contribution in [0.5, 0.6) is 0 Å². The molecule has 0 aromatic carbocycles. The lowest BCUT2D eigenvalue weighted by Crippen LogP contribution is -2.29. The minimum absolute atomic E-state index is 0.299. The molecule has 0 heterocycles. The van der Waals surface area contributed by atoms with Crippen LogP contribution in [-0.2, 0) is 9.59 Å². The number of fused-ring (bicyclic) bond motifs is 5. The van der Waals surface area contributed by atoms with Gasteiger partial charge in [-0.1, -0.05) is 0 Å². The Morgan fingerprint density at radius 2 is 1.62 bits per heavy atom. The maximum atomic E-state index is 11.5. The van der Waals surface area contributed by atoms with Crippen LogP contribution in [-0.4, -0.2) is 10.5 Å². The molecule has 3 aliphatic rings. The van der Waals surface area contributed by atoms with Gasteiger partial charge >= 0.3 is 0 Å². The lowest BCUT2D eigenvalue weighted by Gasteiger charge is -2.27. The van der Waals surface area contributed by atoms with Gasteiger partial charge in [0.15, 0.2) is 0 Å². The Hall–Kier alpha value is -0.0800. The fourth-order valence-corrected chi connectivity index (χ4v) is 5.14. The number of carbonyl (C=O) groups excluding carboxylic acids is 2. The third-order valence-electron chi connectivity index (χ3n) is 5.09. The van der Waals surface area contributed by atoms with Gasteiger partial charge in [0.2, 0.25) is 10.5 Å². The smallest absolute Gasteiger partial charge is 0.225 e. The van der Waals surface area contributed by atoms with Gasteiger partial charge in [-0.3, -0.25) is 9.59 Å². The van der Waals surface area contributed by atoms with Crippen LogP contribution in [0.15, 0.2) is 0 Å². The van der Waals surface area contributed by atoms with Crippen LogP contribution in [0.4, 0.5) is 0 Å². The van der Waals surface area contributed by atoms with E-state index < -0.39 is 0 Å². The third-order valence-corrected chi connectivity index (χ3v) is 5.62. The molecule has 6 unspecified atom stereocenters. The van der Waals surface area contributed by atoms with E-state index in [1.54, 1.807) is 0 Å². The highest BCUT2D eigenvalue weighted by Crippen LogP contribution is 2.62. The molecule has 0 aromatic rings. The van der Waals surface area contributed by atoms with Gasteiger partial charge in [0, 0.05) is 11.8 Å². The van der Waals surface area contributed by atoms with Crippen molar-refractivity contribution in [2.45, 2.75) is 25.7 Å². The molecule has 4 heteroatoms. The summed E-state index contributed by atoms with van der Waals surface area (Å²) in [4.78, 5) is 22.9. The van der Waals surface area contributed by atoms with Crippen LogP contribution in [0.2, 0.25) is 0 Å². The highest BCUT2D eigenvalue weighted by atomic mass is 35.5. The van der Waals surface area contributed by atoms with E-state index in [0.717, 1.165) is 12.3 Å². The van der Waals surface area contributed by atoms with Crippen molar-refractivity contribution in [1.82, 2.24) is 0 Å². The molecule has 0 aromatic heterocycles. The van der Waals surface area contributed by atoms with Crippen LogP contribution >= 0.6 is 23.2 Å². The predicted molar refractivity (Wildman–Crippen MR) is 61.1 cm³/mol. The zero-order chi connectivity index (χ0) is 11.4. The third kappa shape index (κ3) is 1.39. The second-order valence-corrected chi connectivity index (χ2v) is 6.30. The fourth-order valence-electron chi connectivity index (χ4n) is 4.62. The Labute approximate surface area is 105 Å². The molecule has 0 radical (unpaired) electrons. The average Bonchev–Trinajstić information content (AvgIpc) is 2.87. The molecule has 88 valence electrons. The van der Waals surface area contributed by atoms with E-state index in [1.807, 2.05) is 0 Å². The monoisotopic (exact) mass is 260 g/mol. The Morgan fingerprint density at radius 1 is 0.938 bits per heavy atom. The van der Waals surface area contributed by atoms with Gasteiger partial charge < -0.3 is 0 Å². The summed E-state index contributed by atoms with van der Waals surface area (Å²) in [6, 6.07) is 0. The van der Waals surface area contributed by atoms with Crippen LogP contribution in [0.25, 0.3) is 0 Å². The lowest BCUT2D eigenvalue weighted by atomic mass is 9.78. The lowest BCUT2D eigenvalue weighted by molar-refractivity contribution is -0.124. The number of hydrogen-bond acceptors (Lipinski definition) is 2. The van der Waals surface area contributed by atoms with Gasteiger partial charge in [-0.05, 0) is 72.6 Å². The molecule has 0 saturated heterocycles. The maximum Gasteiger partial charge on any atom is 0.225 e. The molecule has 3 rings (SSSR count). The zero-order valence-electron chi connectivity index (χ0n) is 8.86. The molecule has 16 heavy (non-hydrogen) atoms. The number of hydrogen-bond donors (Lipinski definition) is 0. The quantitative estimate of drug-likeness (QED) is 0.716. The van der Waals surface area contributed by atoms with Crippen molar-refractivity contribution >= 4 is 33.7 Å². The molecule has 3 aliphatic carbocycles. The van der Waals surface area contributed by atoms with Crippen molar-refractivity contribution < 1.29 is 9.59 Å². The van der Waals surface area contributed by atoms with Gasteiger partial charge in [0.25, 0.3) is 0 Å². The second-order valence-electron chi connectivity index (χ2n) is 5.55. The van der Waals surface area contributed by atoms with Gasteiger partial charge in [-0.2, -0.15) is 0 Å². The van der Waals surface area contributed by atoms with Crippen molar-refractivity contribution in [1.29, 1.82) is 0 Å². The van der Waals surface area contributed by atoms with Crippen molar-refractivity contribution in [3.63, 3.8) is 0 Å².